The maximum Gasteiger partial charge on any atom is 0.180 e. The molecule has 0 aromatic heterocycles. The van der Waals surface area contributed by atoms with Gasteiger partial charge in [0.25, 0.3) is 0 Å². The zero-order chi connectivity index (χ0) is 12.3. The van der Waals surface area contributed by atoms with E-state index in [0.29, 0.717) is 22.3 Å². The first-order valence-electron chi connectivity index (χ1n) is 5.12. The summed E-state index contributed by atoms with van der Waals surface area (Å²) < 4.78 is 5.13. The molecule has 0 aliphatic heterocycles. The number of carbonyl (C=O) groups is 1. The highest BCUT2D eigenvalue weighted by atomic mass is 35.5. The van der Waals surface area contributed by atoms with Gasteiger partial charge in [0.15, 0.2) is 5.78 Å². The average Bonchev–Trinajstić information content (AvgIpc) is 2.26. The Morgan fingerprint density at radius 3 is 2.56 bits per heavy atom. The summed E-state index contributed by atoms with van der Waals surface area (Å²) in [6.45, 7) is 4.03. The van der Waals surface area contributed by atoms with Crippen LogP contribution in [-0.4, -0.2) is 19.4 Å². The van der Waals surface area contributed by atoms with Gasteiger partial charge in [-0.3, -0.25) is 4.79 Å². The second kappa shape index (κ2) is 5.32. The van der Waals surface area contributed by atoms with Crippen LogP contribution in [0.15, 0.2) is 12.1 Å². The van der Waals surface area contributed by atoms with E-state index >= 15 is 0 Å². The maximum atomic E-state index is 11.7. The zero-order valence-electron chi connectivity index (χ0n) is 9.71. The van der Waals surface area contributed by atoms with E-state index in [1.807, 2.05) is 19.9 Å². The number of Topliss-reactive ketones (excluding diaryl/α,β-unsaturated/α-hetero) is 1. The number of carbonyl (C=O) groups excluding carboxylic acids is 1. The number of halogens is 1. The van der Waals surface area contributed by atoms with Gasteiger partial charge in [-0.2, -0.15) is 0 Å². The van der Waals surface area contributed by atoms with Crippen molar-refractivity contribution in [2.24, 2.45) is 5.73 Å². The van der Waals surface area contributed by atoms with E-state index in [1.54, 1.807) is 6.07 Å². The normalized spacial score (nSPS) is 10.6. The van der Waals surface area contributed by atoms with Crippen molar-refractivity contribution >= 4 is 17.4 Å². The highest BCUT2D eigenvalue weighted by Gasteiger charge is 2.16. The summed E-state index contributed by atoms with van der Waals surface area (Å²) in [6.07, 6.45) is 0. The van der Waals surface area contributed by atoms with Crippen molar-refractivity contribution in [3.63, 3.8) is 0 Å². The molecule has 0 atom stereocenters. The molecule has 1 rings (SSSR count). The van der Waals surface area contributed by atoms with Crippen molar-refractivity contribution in [3.8, 4) is 5.75 Å². The van der Waals surface area contributed by atoms with Crippen LogP contribution in [0.1, 0.15) is 35.7 Å². The van der Waals surface area contributed by atoms with E-state index in [4.69, 9.17) is 22.1 Å². The Labute approximate surface area is 101 Å². The molecular formula is C12H16ClNO2. The van der Waals surface area contributed by atoms with Crippen LogP contribution < -0.4 is 10.5 Å². The number of ether oxygens (including phenoxy) is 1. The lowest BCUT2D eigenvalue weighted by Gasteiger charge is -2.13. The lowest BCUT2D eigenvalue weighted by atomic mass is 9.98. The van der Waals surface area contributed by atoms with Gasteiger partial charge in [0.05, 0.1) is 24.2 Å². The van der Waals surface area contributed by atoms with Gasteiger partial charge in [0, 0.05) is 0 Å². The lowest BCUT2D eigenvalue weighted by molar-refractivity contribution is 0.0998. The minimum Gasteiger partial charge on any atom is -0.494 e. The molecule has 0 aliphatic carbocycles. The highest BCUT2D eigenvalue weighted by Crippen LogP contribution is 2.32. The van der Waals surface area contributed by atoms with Crippen LogP contribution in [0.5, 0.6) is 5.75 Å². The Kier molecular flexibility index (Phi) is 4.33. The van der Waals surface area contributed by atoms with E-state index in [-0.39, 0.29) is 12.3 Å². The molecule has 0 aliphatic rings. The van der Waals surface area contributed by atoms with Gasteiger partial charge in [-0.15, -0.1) is 0 Å². The van der Waals surface area contributed by atoms with E-state index in [0.717, 1.165) is 5.56 Å². The zero-order valence-corrected chi connectivity index (χ0v) is 10.5. The van der Waals surface area contributed by atoms with Crippen molar-refractivity contribution < 1.29 is 9.53 Å². The third kappa shape index (κ3) is 2.54. The van der Waals surface area contributed by atoms with Gasteiger partial charge in [0.2, 0.25) is 0 Å². The van der Waals surface area contributed by atoms with Gasteiger partial charge >= 0.3 is 0 Å². The molecule has 0 heterocycles. The summed E-state index contributed by atoms with van der Waals surface area (Å²) in [7, 11) is 1.49. The number of nitrogens with two attached hydrogens (primary N) is 1. The van der Waals surface area contributed by atoms with Gasteiger partial charge in [0.1, 0.15) is 5.75 Å². The molecular weight excluding hydrogens is 226 g/mol. The van der Waals surface area contributed by atoms with E-state index in [9.17, 15) is 4.79 Å². The molecule has 0 spiro atoms. The smallest absolute Gasteiger partial charge is 0.180 e. The number of rotatable bonds is 4. The first-order chi connectivity index (χ1) is 7.51. The number of ketones is 1. The molecule has 2 N–H and O–H groups in total. The van der Waals surface area contributed by atoms with Gasteiger partial charge in [-0.05, 0) is 23.6 Å². The predicted octanol–water partition coefficient (Wildman–Crippen LogP) is 2.61. The third-order valence-corrected chi connectivity index (χ3v) is 2.70. The standard InChI is InChI=1S/C12H16ClNO2/c1-7(2)8-4-9(11(15)6-14)12(16-3)10(13)5-8/h4-5,7H,6,14H2,1-3H3. The van der Waals surface area contributed by atoms with Crippen LogP contribution in [0.4, 0.5) is 0 Å². The van der Waals surface area contributed by atoms with E-state index < -0.39 is 0 Å². The second-order valence-electron chi connectivity index (χ2n) is 3.87. The summed E-state index contributed by atoms with van der Waals surface area (Å²) in [5.41, 5.74) is 6.82. The molecule has 0 saturated carbocycles. The summed E-state index contributed by atoms with van der Waals surface area (Å²) in [5, 5.41) is 0.450. The van der Waals surface area contributed by atoms with Crippen molar-refractivity contribution in [2.75, 3.05) is 13.7 Å². The molecule has 88 valence electrons. The Morgan fingerprint density at radius 2 is 2.12 bits per heavy atom. The Bertz CT molecular complexity index is 402. The Morgan fingerprint density at radius 1 is 1.50 bits per heavy atom. The SMILES string of the molecule is COc1c(Cl)cc(C(C)C)cc1C(=O)CN. The van der Waals surface area contributed by atoms with Crippen LogP contribution in [0.3, 0.4) is 0 Å². The predicted molar refractivity (Wildman–Crippen MR) is 65.5 cm³/mol. The van der Waals surface area contributed by atoms with Crippen molar-refractivity contribution in [1.29, 1.82) is 0 Å². The lowest BCUT2D eigenvalue weighted by Crippen LogP contribution is -2.15. The molecule has 0 amide bonds. The molecule has 1 aromatic rings. The minimum atomic E-state index is -0.166. The molecule has 4 heteroatoms. The summed E-state index contributed by atoms with van der Waals surface area (Å²) in [6, 6.07) is 3.61. The minimum absolute atomic E-state index is 0.0474. The monoisotopic (exact) mass is 241 g/mol. The average molecular weight is 242 g/mol. The van der Waals surface area contributed by atoms with Crippen molar-refractivity contribution in [1.82, 2.24) is 0 Å². The molecule has 0 bridgehead atoms. The van der Waals surface area contributed by atoms with E-state index in [1.165, 1.54) is 7.11 Å². The summed E-state index contributed by atoms with van der Waals surface area (Å²) in [5.74, 6) is 0.537. The van der Waals surface area contributed by atoms with Gasteiger partial charge in [-0.25, -0.2) is 0 Å². The van der Waals surface area contributed by atoms with Gasteiger partial charge < -0.3 is 10.5 Å². The fourth-order valence-electron chi connectivity index (χ4n) is 1.47. The van der Waals surface area contributed by atoms with E-state index in [2.05, 4.69) is 0 Å². The van der Waals surface area contributed by atoms with Crippen LogP contribution in [0.25, 0.3) is 0 Å². The topological polar surface area (TPSA) is 52.3 Å². The molecule has 0 saturated heterocycles. The summed E-state index contributed by atoms with van der Waals surface area (Å²) in [4.78, 5) is 11.7. The molecule has 0 radical (unpaired) electrons. The maximum absolute atomic E-state index is 11.7. The number of benzene rings is 1. The third-order valence-electron chi connectivity index (χ3n) is 2.42. The van der Waals surface area contributed by atoms with Crippen LogP contribution in [-0.2, 0) is 0 Å². The number of hydrogen-bond acceptors (Lipinski definition) is 3. The fraction of sp³-hybridized carbons (Fsp3) is 0.417. The fourth-order valence-corrected chi connectivity index (χ4v) is 1.78. The molecule has 3 nitrogen and oxygen atoms in total. The molecule has 1 aromatic carbocycles. The Hall–Kier alpha value is -1.06. The van der Waals surface area contributed by atoms with Crippen LogP contribution >= 0.6 is 11.6 Å². The molecule has 16 heavy (non-hydrogen) atoms. The Balaban J connectivity index is 3.36. The highest BCUT2D eigenvalue weighted by molar-refractivity contribution is 6.32. The van der Waals surface area contributed by atoms with Crippen LogP contribution in [0, 0.1) is 0 Å². The largest absolute Gasteiger partial charge is 0.494 e. The molecule has 0 fully saturated rings. The van der Waals surface area contributed by atoms with Crippen molar-refractivity contribution in [3.05, 3.63) is 28.3 Å². The van der Waals surface area contributed by atoms with Gasteiger partial charge in [-0.1, -0.05) is 25.4 Å². The quantitative estimate of drug-likeness (QED) is 0.825. The van der Waals surface area contributed by atoms with Crippen molar-refractivity contribution in [2.45, 2.75) is 19.8 Å². The van der Waals surface area contributed by atoms with Crippen LogP contribution in [0.2, 0.25) is 5.02 Å². The second-order valence-corrected chi connectivity index (χ2v) is 4.27. The first kappa shape index (κ1) is 13.0. The first-order valence-corrected chi connectivity index (χ1v) is 5.49. The molecule has 0 unspecified atom stereocenters. The number of methoxy groups -OCH3 is 1. The summed E-state index contributed by atoms with van der Waals surface area (Å²) >= 11 is 6.06. The number of hydrogen-bond donors (Lipinski definition) is 1.